The minimum absolute atomic E-state index is 0.0915. The molecule has 4 heteroatoms. The van der Waals surface area contributed by atoms with E-state index in [0.717, 1.165) is 16.2 Å². The molecule has 0 atom stereocenters. The Morgan fingerprint density at radius 1 is 0.800 bits per heavy atom. The molecule has 0 aromatic heterocycles. The van der Waals surface area contributed by atoms with Crippen LogP contribution in [-0.2, 0) is 4.57 Å². The van der Waals surface area contributed by atoms with Gasteiger partial charge < -0.3 is 9.88 Å². The summed E-state index contributed by atoms with van der Waals surface area (Å²) in [5, 5.41) is 4.36. The van der Waals surface area contributed by atoms with Crippen LogP contribution in [0.3, 0.4) is 0 Å². The van der Waals surface area contributed by atoms with E-state index in [9.17, 15) is 9.36 Å². The number of carbonyl (C=O) groups excluding carboxylic acids is 1. The molecular formula is C21H20NO2P. The summed E-state index contributed by atoms with van der Waals surface area (Å²) >= 11 is 0. The number of carbonyl (C=O) groups is 1. The zero-order chi connectivity index (χ0) is 17.7. The quantitative estimate of drug-likeness (QED) is 0.714. The molecule has 0 saturated carbocycles. The van der Waals surface area contributed by atoms with Crippen molar-refractivity contribution in [1.82, 2.24) is 5.32 Å². The van der Waals surface area contributed by atoms with Gasteiger partial charge in [0.15, 0.2) is 7.14 Å². The molecule has 0 radical (unpaired) electrons. The number of hydrogen-bond acceptors (Lipinski definition) is 2. The van der Waals surface area contributed by atoms with E-state index in [1.807, 2.05) is 85.8 Å². The average molecular weight is 349 g/mol. The van der Waals surface area contributed by atoms with Crippen molar-refractivity contribution in [2.24, 2.45) is 0 Å². The smallest absolute Gasteiger partial charge is 0.251 e. The van der Waals surface area contributed by atoms with Gasteiger partial charge in [-0.05, 0) is 18.6 Å². The van der Waals surface area contributed by atoms with Crippen LogP contribution in [0.2, 0.25) is 0 Å². The number of aryl methyl sites for hydroxylation is 1. The highest BCUT2D eigenvalue weighted by Crippen LogP contribution is 2.41. The van der Waals surface area contributed by atoms with Crippen molar-refractivity contribution in [3.8, 4) is 0 Å². The van der Waals surface area contributed by atoms with Gasteiger partial charge >= 0.3 is 0 Å². The highest BCUT2D eigenvalue weighted by molar-refractivity contribution is 7.78. The summed E-state index contributed by atoms with van der Waals surface area (Å²) in [5.74, 6) is -0.204. The Kier molecular flexibility index (Phi) is 5.16. The van der Waals surface area contributed by atoms with E-state index in [1.54, 1.807) is 6.07 Å². The molecule has 3 aromatic rings. The third-order valence-electron chi connectivity index (χ3n) is 4.20. The van der Waals surface area contributed by atoms with Crippen LogP contribution in [0.1, 0.15) is 15.9 Å². The van der Waals surface area contributed by atoms with Crippen molar-refractivity contribution in [1.29, 1.82) is 0 Å². The number of rotatable bonds is 5. The van der Waals surface area contributed by atoms with Crippen molar-refractivity contribution < 1.29 is 9.36 Å². The average Bonchev–Trinajstić information content (AvgIpc) is 2.67. The zero-order valence-corrected chi connectivity index (χ0v) is 14.9. The van der Waals surface area contributed by atoms with Gasteiger partial charge in [0.1, 0.15) is 0 Å². The minimum atomic E-state index is -2.95. The van der Waals surface area contributed by atoms with E-state index >= 15 is 0 Å². The molecule has 3 rings (SSSR count). The van der Waals surface area contributed by atoms with Gasteiger partial charge in [-0.25, -0.2) is 0 Å². The van der Waals surface area contributed by atoms with Gasteiger partial charge in [-0.3, -0.25) is 4.79 Å². The lowest BCUT2D eigenvalue weighted by Gasteiger charge is -2.20. The molecule has 0 saturated heterocycles. The van der Waals surface area contributed by atoms with Crippen molar-refractivity contribution in [3.05, 3.63) is 96.1 Å². The van der Waals surface area contributed by atoms with E-state index in [0.29, 0.717) is 5.56 Å². The van der Waals surface area contributed by atoms with Crippen molar-refractivity contribution in [2.45, 2.75) is 6.92 Å². The Balaban J connectivity index is 1.91. The number of hydrogen-bond donors (Lipinski definition) is 1. The maximum Gasteiger partial charge on any atom is 0.251 e. The highest BCUT2D eigenvalue weighted by Gasteiger charge is 2.27. The first-order chi connectivity index (χ1) is 12.1. The van der Waals surface area contributed by atoms with Gasteiger partial charge in [0.2, 0.25) is 0 Å². The summed E-state index contributed by atoms with van der Waals surface area (Å²) < 4.78 is 13.8. The van der Waals surface area contributed by atoms with E-state index in [1.165, 1.54) is 0 Å². The van der Waals surface area contributed by atoms with Gasteiger partial charge in [-0.1, -0.05) is 78.9 Å². The van der Waals surface area contributed by atoms with Gasteiger partial charge in [0, 0.05) is 16.2 Å². The molecule has 0 bridgehead atoms. The summed E-state index contributed by atoms with van der Waals surface area (Å²) in [5.41, 5.74) is 1.50. The molecule has 126 valence electrons. The molecule has 25 heavy (non-hydrogen) atoms. The Hall–Kier alpha value is -2.64. The lowest BCUT2D eigenvalue weighted by atomic mass is 10.1. The maximum absolute atomic E-state index is 13.8. The molecule has 0 aliphatic carbocycles. The fourth-order valence-electron chi connectivity index (χ4n) is 2.78. The predicted molar refractivity (Wildman–Crippen MR) is 103 cm³/mol. The third-order valence-corrected chi connectivity index (χ3v) is 7.07. The molecule has 0 unspecified atom stereocenters. The summed E-state index contributed by atoms with van der Waals surface area (Å²) in [6.07, 6.45) is 0.0915. The summed E-state index contributed by atoms with van der Waals surface area (Å²) in [6, 6.07) is 26.1. The van der Waals surface area contributed by atoms with Crippen LogP contribution in [0.25, 0.3) is 0 Å². The standard InChI is InChI=1S/C21H20NO2P/c1-17-10-8-9-15-20(17)21(23)22-16-25(24,18-11-4-2-5-12-18)19-13-6-3-7-14-19/h2-15H,16H2,1H3,(H,22,23). The van der Waals surface area contributed by atoms with Crippen LogP contribution in [0.15, 0.2) is 84.9 Å². The lowest BCUT2D eigenvalue weighted by molar-refractivity contribution is 0.0959. The lowest BCUT2D eigenvalue weighted by Crippen LogP contribution is -2.31. The van der Waals surface area contributed by atoms with Gasteiger partial charge in [-0.2, -0.15) is 0 Å². The van der Waals surface area contributed by atoms with Crippen LogP contribution >= 0.6 is 7.14 Å². The summed E-state index contributed by atoms with van der Waals surface area (Å²) in [6.45, 7) is 1.89. The van der Waals surface area contributed by atoms with E-state index in [4.69, 9.17) is 0 Å². The number of nitrogens with one attached hydrogen (secondary N) is 1. The maximum atomic E-state index is 13.8. The fourth-order valence-corrected chi connectivity index (χ4v) is 5.11. The first-order valence-electron chi connectivity index (χ1n) is 8.15. The van der Waals surface area contributed by atoms with Crippen LogP contribution in [0.5, 0.6) is 0 Å². The molecule has 0 aliphatic rings. The summed E-state index contributed by atoms with van der Waals surface area (Å²) in [4.78, 5) is 12.5. The molecule has 0 spiro atoms. The van der Waals surface area contributed by atoms with Crippen molar-refractivity contribution in [3.63, 3.8) is 0 Å². The highest BCUT2D eigenvalue weighted by atomic mass is 31.2. The second-order valence-corrected chi connectivity index (χ2v) is 8.72. The molecule has 1 amide bonds. The third kappa shape index (κ3) is 3.72. The Morgan fingerprint density at radius 2 is 1.28 bits per heavy atom. The molecule has 0 fully saturated rings. The normalized spacial score (nSPS) is 11.1. The molecule has 3 aromatic carbocycles. The largest absolute Gasteiger partial charge is 0.344 e. The minimum Gasteiger partial charge on any atom is -0.344 e. The van der Waals surface area contributed by atoms with Crippen LogP contribution in [0, 0.1) is 6.92 Å². The molecular weight excluding hydrogens is 329 g/mol. The number of benzene rings is 3. The molecule has 1 N–H and O–H groups in total. The fraction of sp³-hybridized carbons (Fsp3) is 0.0952. The van der Waals surface area contributed by atoms with Crippen LogP contribution < -0.4 is 15.9 Å². The Bertz CT molecular complexity index is 864. The van der Waals surface area contributed by atoms with Gasteiger partial charge in [0.25, 0.3) is 5.91 Å². The summed E-state index contributed by atoms with van der Waals surface area (Å²) in [7, 11) is -2.95. The SMILES string of the molecule is Cc1ccccc1C(=O)NCP(=O)(c1ccccc1)c1ccccc1. The Labute approximate surface area is 148 Å². The predicted octanol–water partition coefficient (Wildman–Crippen LogP) is 3.70. The van der Waals surface area contributed by atoms with Crippen molar-refractivity contribution in [2.75, 3.05) is 6.29 Å². The zero-order valence-electron chi connectivity index (χ0n) is 14.1. The van der Waals surface area contributed by atoms with E-state index < -0.39 is 7.14 Å². The van der Waals surface area contributed by atoms with Gasteiger partial charge in [0.05, 0.1) is 6.29 Å². The monoisotopic (exact) mass is 349 g/mol. The molecule has 0 aliphatic heterocycles. The first kappa shape index (κ1) is 17.2. The Morgan fingerprint density at radius 3 is 1.80 bits per heavy atom. The molecule has 3 nitrogen and oxygen atoms in total. The van der Waals surface area contributed by atoms with E-state index in [2.05, 4.69) is 5.32 Å². The van der Waals surface area contributed by atoms with Crippen LogP contribution in [0.4, 0.5) is 0 Å². The number of amides is 1. The molecule has 0 heterocycles. The first-order valence-corrected chi connectivity index (χ1v) is 10.0. The second-order valence-electron chi connectivity index (χ2n) is 5.89. The van der Waals surface area contributed by atoms with Crippen molar-refractivity contribution >= 4 is 23.7 Å². The van der Waals surface area contributed by atoms with E-state index in [-0.39, 0.29) is 12.2 Å². The van der Waals surface area contributed by atoms with Crippen LogP contribution in [-0.4, -0.2) is 12.2 Å². The second kappa shape index (κ2) is 7.50. The van der Waals surface area contributed by atoms with Gasteiger partial charge in [-0.15, -0.1) is 0 Å². The topological polar surface area (TPSA) is 46.2 Å².